The van der Waals surface area contributed by atoms with Gasteiger partial charge in [0.15, 0.2) is 6.30 Å². The second-order valence-corrected chi connectivity index (χ2v) is 2.22. The van der Waals surface area contributed by atoms with Gasteiger partial charge in [-0.05, 0) is 12.3 Å². The molecule has 1 nitrogen and oxygen atoms in total. The Morgan fingerprint density at radius 3 is 2.11 bits per heavy atom. The van der Waals surface area contributed by atoms with E-state index in [0.717, 1.165) is 6.54 Å². The predicted molar refractivity (Wildman–Crippen MR) is 38.0 cm³/mol. The molecule has 2 heteroatoms. The van der Waals surface area contributed by atoms with Crippen LogP contribution in [0.1, 0.15) is 27.2 Å². The molecule has 0 radical (unpaired) electrons. The van der Waals surface area contributed by atoms with Crippen LogP contribution in [0.25, 0.3) is 0 Å². The lowest BCUT2D eigenvalue weighted by atomic mass is 10.2. The highest BCUT2D eigenvalue weighted by molar-refractivity contribution is 4.70. The lowest BCUT2D eigenvalue weighted by Crippen LogP contribution is -2.15. The van der Waals surface area contributed by atoms with E-state index in [-0.39, 0.29) is 0 Å². The molecule has 9 heavy (non-hydrogen) atoms. The summed E-state index contributed by atoms with van der Waals surface area (Å²) < 4.78 is 12.1. The highest BCUT2D eigenvalue weighted by Gasteiger charge is 2.18. The fourth-order valence-corrected chi connectivity index (χ4v) is 0.849. The van der Waals surface area contributed by atoms with Gasteiger partial charge in [-0.2, -0.15) is 0 Å². The third-order valence-electron chi connectivity index (χ3n) is 1.30. The van der Waals surface area contributed by atoms with Crippen molar-refractivity contribution in [3.8, 4) is 0 Å². The molecular weight excluding hydrogens is 117 g/mol. The summed E-state index contributed by atoms with van der Waals surface area (Å²) in [5.41, 5.74) is 0. The van der Waals surface area contributed by atoms with Gasteiger partial charge in [-0.15, -0.1) is 0 Å². The van der Waals surface area contributed by atoms with Crippen molar-refractivity contribution in [2.75, 3.05) is 6.54 Å². The first-order valence-electron chi connectivity index (χ1n) is 3.66. The van der Waals surface area contributed by atoms with E-state index < -0.39 is 6.30 Å². The fourth-order valence-electron chi connectivity index (χ4n) is 0.849. The molecule has 1 fully saturated rings. The van der Waals surface area contributed by atoms with Gasteiger partial charge in [-0.25, -0.2) is 4.39 Å². The molecule has 0 saturated carbocycles. The zero-order chi connectivity index (χ0) is 7.28. The number of alkyl halides is 1. The largest absolute Gasteiger partial charge is 0.288 e. The minimum atomic E-state index is -0.727. The van der Waals surface area contributed by atoms with E-state index in [9.17, 15) is 4.39 Å². The van der Waals surface area contributed by atoms with E-state index in [1.807, 2.05) is 20.8 Å². The van der Waals surface area contributed by atoms with Gasteiger partial charge in [0.05, 0.1) is 0 Å². The lowest BCUT2D eigenvalue weighted by Gasteiger charge is -1.91. The van der Waals surface area contributed by atoms with Crippen molar-refractivity contribution in [1.82, 2.24) is 5.32 Å². The molecule has 1 rings (SSSR count). The second kappa shape index (κ2) is 4.74. The van der Waals surface area contributed by atoms with Gasteiger partial charge in [0.2, 0.25) is 0 Å². The molecule has 1 aliphatic heterocycles. The summed E-state index contributed by atoms with van der Waals surface area (Å²) in [4.78, 5) is 0. The van der Waals surface area contributed by atoms with Crippen LogP contribution in [0, 0.1) is 5.92 Å². The van der Waals surface area contributed by atoms with E-state index in [0.29, 0.717) is 12.3 Å². The third kappa shape index (κ3) is 3.46. The van der Waals surface area contributed by atoms with Crippen LogP contribution in [0.4, 0.5) is 4.39 Å². The number of hydrogen-bond acceptors (Lipinski definition) is 1. The van der Waals surface area contributed by atoms with Gasteiger partial charge >= 0.3 is 0 Å². The maximum atomic E-state index is 12.1. The topological polar surface area (TPSA) is 12.0 Å². The molecule has 2 unspecified atom stereocenters. The zero-order valence-corrected chi connectivity index (χ0v) is 6.45. The van der Waals surface area contributed by atoms with Crippen molar-refractivity contribution in [3.05, 3.63) is 0 Å². The van der Waals surface area contributed by atoms with Crippen LogP contribution in [0.2, 0.25) is 0 Å². The van der Waals surface area contributed by atoms with E-state index >= 15 is 0 Å². The summed E-state index contributed by atoms with van der Waals surface area (Å²) in [5, 5.41) is 2.70. The van der Waals surface area contributed by atoms with Gasteiger partial charge in [-0.3, -0.25) is 5.32 Å². The lowest BCUT2D eigenvalue weighted by molar-refractivity contribution is 0.305. The quantitative estimate of drug-likeness (QED) is 0.498. The highest BCUT2D eigenvalue weighted by Crippen LogP contribution is 2.12. The van der Waals surface area contributed by atoms with E-state index in [2.05, 4.69) is 5.32 Å². The number of nitrogens with one attached hydrogen (secondary N) is 1. The summed E-state index contributed by atoms with van der Waals surface area (Å²) >= 11 is 0. The van der Waals surface area contributed by atoms with Crippen molar-refractivity contribution in [3.63, 3.8) is 0 Å². The predicted octanol–water partition coefficient (Wildman–Crippen LogP) is 1.94. The molecule has 0 aromatic carbocycles. The summed E-state index contributed by atoms with van der Waals surface area (Å²) in [7, 11) is 0. The molecule has 0 amide bonds. The Kier molecular flexibility index (Phi) is 4.68. The first-order chi connectivity index (χ1) is 4.29. The van der Waals surface area contributed by atoms with Crippen LogP contribution < -0.4 is 5.32 Å². The van der Waals surface area contributed by atoms with Gasteiger partial charge in [0, 0.05) is 6.54 Å². The van der Waals surface area contributed by atoms with Crippen LogP contribution in [-0.4, -0.2) is 12.8 Å². The van der Waals surface area contributed by atoms with Crippen LogP contribution in [0.3, 0.4) is 0 Å². The molecule has 1 aliphatic rings. The van der Waals surface area contributed by atoms with Gasteiger partial charge < -0.3 is 0 Å². The van der Waals surface area contributed by atoms with Crippen LogP contribution in [0.5, 0.6) is 0 Å². The van der Waals surface area contributed by atoms with Crippen LogP contribution >= 0.6 is 0 Å². The van der Waals surface area contributed by atoms with Gasteiger partial charge in [-0.1, -0.05) is 20.8 Å². The Hall–Kier alpha value is -0.110. The molecule has 1 heterocycles. The highest BCUT2D eigenvalue weighted by atomic mass is 19.1. The maximum Gasteiger partial charge on any atom is 0.151 e. The summed E-state index contributed by atoms with van der Waals surface area (Å²) in [6.45, 7) is 6.90. The Morgan fingerprint density at radius 2 is 2.00 bits per heavy atom. The molecule has 0 spiro atoms. The molecule has 0 aliphatic carbocycles. The summed E-state index contributed by atoms with van der Waals surface area (Å²) in [5.74, 6) is 0.537. The Morgan fingerprint density at radius 1 is 1.44 bits per heavy atom. The SMILES string of the molecule is CC.CC1CNC(F)C1. The smallest absolute Gasteiger partial charge is 0.151 e. The molecule has 0 aromatic rings. The Bertz CT molecular complexity index is 57.9. The second-order valence-electron chi connectivity index (χ2n) is 2.22. The third-order valence-corrected chi connectivity index (χ3v) is 1.30. The summed E-state index contributed by atoms with van der Waals surface area (Å²) in [6.07, 6.45) is -0.0324. The average Bonchev–Trinajstić information content (AvgIpc) is 2.20. The number of rotatable bonds is 0. The molecular formula is C7H16FN. The monoisotopic (exact) mass is 133 g/mol. The van der Waals surface area contributed by atoms with E-state index in [4.69, 9.17) is 0 Å². The molecule has 0 aromatic heterocycles. The minimum absolute atomic E-state index is 0.537. The van der Waals surface area contributed by atoms with Crippen molar-refractivity contribution in [1.29, 1.82) is 0 Å². The van der Waals surface area contributed by atoms with Crippen LogP contribution in [-0.2, 0) is 0 Å². The fraction of sp³-hybridized carbons (Fsp3) is 1.00. The average molecular weight is 133 g/mol. The van der Waals surface area contributed by atoms with Crippen molar-refractivity contribution < 1.29 is 4.39 Å². The maximum absolute atomic E-state index is 12.1. The standard InChI is InChI=1S/C5H10FN.C2H6/c1-4-2-5(6)7-3-4;1-2/h4-5,7H,2-3H2,1H3;1-2H3. The number of halogens is 1. The van der Waals surface area contributed by atoms with Crippen molar-refractivity contribution in [2.45, 2.75) is 33.5 Å². The van der Waals surface area contributed by atoms with Gasteiger partial charge in [0.25, 0.3) is 0 Å². The zero-order valence-electron chi connectivity index (χ0n) is 6.45. The summed E-state index contributed by atoms with van der Waals surface area (Å²) in [6, 6.07) is 0. The number of hydrogen-bond donors (Lipinski definition) is 1. The van der Waals surface area contributed by atoms with E-state index in [1.165, 1.54) is 0 Å². The Labute approximate surface area is 56.6 Å². The molecule has 2 atom stereocenters. The Balaban J connectivity index is 0.000000291. The van der Waals surface area contributed by atoms with E-state index in [1.54, 1.807) is 0 Å². The van der Waals surface area contributed by atoms with Crippen molar-refractivity contribution >= 4 is 0 Å². The first kappa shape index (κ1) is 8.89. The molecule has 0 bridgehead atoms. The van der Waals surface area contributed by atoms with Crippen LogP contribution in [0.15, 0.2) is 0 Å². The molecule has 1 saturated heterocycles. The molecule has 1 N–H and O–H groups in total. The van der Waals surface area contributed by atoms with Crippen molar-refractivity contribution in [2.24, 2.45) is 5.92 Å². The molecule has 56 valence electrons. The van der Waals surface area contributed by atoms with Gasteiger partial charge in [0.1, 0.15) is 0 Å². The normalized spacial score (nSPS) is 33.3. The minimum Gasteiger partial charge on any atom is -0.288 e. The first-order valence-corrected chi connectivity index (χ1v) is 3.66.